The Kier molecular flexibility index (Phi) is 6.72. The Balaban J connectivity index is 1.62. The van der Waals surface area contributed by atoms with Gasteiger partial charge in [0.2, 0.25) is 5.91 Å². The van der Waals surface area contributed by atoms with E-state index in [-0.39, 0.29) is 29.5 Å². The second kappa shape index (κ2) is 9.71. The van der Waals surface area contributed by atoms with Gasteiger partial charge in [-0.25, -0.2) is 0 Å². The van der Waals surface area contributed by atoms with E-state index < -0.39 is 0 Å². The minimum Gasteiger partial charge on any atom is -0.372 e. The monoisotopic (exact) mass is 460 g/mol. The SMILES string of the molecule is CC(=O)Nc1ccc(C2=C(Nc3ccc(N4CCC(C)CC4)cc3)C(=O)N(C(C)C)C2=O)cc1. The number of amides is 3. The molecule has 2 heterocycles. The molecule has 2 aliphatic heterocycles. The highest BCUT2D eigenvalue weighted by atomic mass is 16.2. The average molecular weight is 461 g/mol. The molecule has 4 rings (SSSR count). The largest absolute Gasteiger partial charge is 0.372 e. The lowest BCUT2D eigenvalue weighted by Gasteiger charge is -2.32. The first-order valence-corrected chi connectivity index (χ1v) is 11.9. The summed E-state index contributed by atoms with van der Waals surface area (Å²) in [4.78, 5) is 41.4. The molecule has 34 heavy (non-hydrogen) atoms. The van der Waals surface area contributed by atoms with Crippen molar-refractivity contribution in [3.8, 4) is 0 Å². The van der Waals surface area contributed by atoms with E-state index in [1.165, 1.54) is 24.7 Å². The van der Waals surface area contributed by atoms with Crippen LogP contribution < -0.4 is 15.5 Å². The first-order chi connectivity index (χ1) is 16.2. The van der Waals surface area contributed by atoms with Crippen LogP contribution >= 0.6 is 0 Å². The third-order valence-electron chi connectivity index (χ3n) is 6.41. The Labute approximate surface area is 200 Å². The lowest BCUT2D eigenvalue weighted by Crippen LogP contribution is -2.38. The van der Waals surface area contributed by atoms with E-state index in [9.17, 15) is 14.4 Å². The van der Waals surface area contributed by atoms with Crippen LogP contribution in [0.25, 0.3) is 5.57 Å². The number of carbonyl (C=O) groups excluding carboxylic acids is 3. The number of hydrogen-bond donors (Lipinski definition) is 2. The van der Waals surface area contributed by atoms with Crippen molar-refractivity contribution in [1.82, 2.24) is 4.90 Å². The summed E-state index contributed by atoms with van der Waals surface area (Å²) in [7, 11) is 0. The molecule has 0 bridgehead atoms. The zero-order chi connectivity index (χ0) is 24.4. The Morgan fingerprint density at radius 3 is 2.06 bits per heavy atom. The number of rotatable bonds is 6. The summed E-state index contributed by atoms with van der Waals surface area (Å²) in [5.41, 5.74) is 3.78. The first-order valence-electron chi connectivity index (χ1n) is 11.9. The fraction of sp³-hybridized carbons (Fsp3) is 0.370. The molecule has 1 fully saturated rings. The third-order valence-corrected chi connectivity index (χ3v) is 6.41. The number of anilines is 3. The normalized spacial score (nSPS) is 17.1. The van der Waals surface area contributed by atoms with Crippen LogP contribution in [0.4, 0.5) is 17.1 Å². The van der Waals surface area contributed by atoms with Crippen LogP contribution in [0.5, 0.6) is 0 Å². The lowest BCUT2D eigenvalue weighted by molar-refractivity contribution is -0.138. The van der Waals surface area contributed by atoms with Gasteiger partial charge in [-0.15, -0.1) is 0 Å². The van der Waals surface area contributed by atoms with Gasteiger partial charge in [0, 0.05) is 43.1 Å². The Morgan fingerprint density at radius 2 is 1.50 bits per heavy atom. The van der Waals surface area contributed by atoms with E-state index in [1.807, 2.05) is 26.0 Å². The van der Waals surface area contributed by atoms with Gasteiger partial charge in [0.15, 0.2) is 0 Å². The second-order valence-corrected chi connectivity index (χ2v) is 9.42. The summed E-state index contributed by atoms with van der Waals surface area (Å²) < 4.78 is 0. The summed E-state index contributed by atoms with van der Waals surface area (Å²) >= 11 is 0. The molecule has 0 spiro atoms. The number of benzene rings is 2. The Morgan fingerprint density at radius 1 is 0.912 bits per heavy atom. The molecule has 1 saturated heterocycles. The number of nitrogens with zero attached hydrogens (tertiary/aromatic N) is 2. The molecular weight excluding hydrogens is 428 g/mol. The van der Waals surface area contributed by atoms with Gasteiger partial charge in [-0.05, 0) is 74.6 Å². The Hall–Kier alpha value is -3.61. The molecule has 0 aliphatic carbocycles. The van der Waals surface area contributed by atoms with Crippen molar-refractivity contribution in [2.45, 2.75) is 46.6 Å². The molecule has 2 N–H and O–H groups in total. The molecule has 0 aromatic heterocycles. The first kappa shape index (κ1) is 23.5. The summed E-state index contributed by atoms with van der Waals surface area (Å²) in [5.74, 6) is -0.0662. The summed E-state index contributed by atoms with van der Waals surface area (Å²) in [6.45, 7) is 9.48. The van der Waals surface area contributed by atoms with Crippen molar-refractivity contribution < 1.29 is 14.4 Å². The highest BCUT2D eigenvalue weighted by Gasteiger charge is 2.40. The maximum absolute atomic E-state index is 13.2. The molecule has 7 nitrogen and oxygen atoms in total. The number of carbonyl (C=O) groups is 3. The van der Waals surface area contributed by atoms with Crippen LogP contribution in [-0.2, 0) is 14.4 Å². The minimum absolute atomic E-state index is 0.171. The van der Waals surface area contributed by atoms with E-state index in [1.54, 1.807) is 24.3 Å². The van der Waals surface area contributed by atoms with Crippen LogP contribution in [0.15, 0.2) is 54.2 Å². The van der Waals surface area contributed by atoms with Crippen molar-refractivity contribution in [2.24, 2.45) is 5.92 Å². The zero-order valence-electron chi connectivity index (χ0n) is 20.2. The van der Waals surface area contributed by atoms with Crippen molar-refractivity contribution >= 4 is 40.4 Å². The van der Waals surface area contributed by atoms with Gasteiger partial charge in [-0.1, -0.05) is 19.1 Å². The molecule has 0 unspecified atom stereocenters. The smallest absolute Gasteiger partial charge is 0.278 e. The maximum atomic E-state index is 13.2. The molecule has 7 heteroatoms. The number of piperidine rings is 1. The molecular formula is C27H32N4O3. The fourth-order valence-electron chi connectivity index (χ4n) is 4.49. The highest BCUT2D eigenvalue weighted by molar-refractivity contribution is 6.36. The predicted molar refractivity (Wildman–Crippen MR) is 135 cm³/mol. The number of nitrogens with one attached hydrogen (secondary N) is 2. The van der Waals surface area contributed by atoms with Gasteiger partial charge in [0.1, 0.15) is 5.70 Å². The Bertz CT molecular complexity index is 1110. The quantitative estimate of drug-likeness (QED) is 0.621. The van der Waals surface area contributed by atoms with Crippen molar-refractivity contribution in [1.29, 1.82) is 0 Å². The van der Waals surface area contributed by atoms with Crippen LogP contribution in [0.3, 0.4) is 0 Å². The highest BCUT2D eigenvalue weighted by Crippen LogP contribution is 2.33. The molecule has 178 valence electrons. The van der Waals surface area contributed by atoms with Gasteiger partial charge in [-0.3, -0.25) is 19.3 Å². The van der Waals surface area contributed by atoms with Crippen LogP contribution in [0.2, 0.25) is 0 Å². The fourth-order valence-corrected chi connectivity index (χ4v) is 4.49. The molecule has 3 amide bonds. The zero-order valence-corrected chi connectivity index (χ0v) is 20.2. The average Bonchev–Trinajstić information content (AvgIpc) is 3.04. The topological polar surface area (TPSA) is 81.8 Å². The molecule has 2 aliphatic rings. The summed E-state index contributed by atoms with van der Waals surface area (Å²) in [5, 5.41) is 5.94. The third kappa shape index (κ3) is 4.83. The van der Waals surface area contributed by atoms with Crippen LogP contribution in [0.1, 0.15) is 46.1 Å². The van der Waals surface area contributed by atoms with Crippen molar-refractivity contribution in [3.63, 3.8) is 0 Å². The molecule has 0 radical (unpaired) electrons. The number of hydrogen-bond acceptors (Lipinski definition) is 5. The van der Waals surface area contributed by atoms with Crippen molar-refractivity contribution in [3.05, 3.63) is 59.8 Å². The standard InChI is InChI=1S/C27H32N4O3/c1-17(2)31-26(33)24(20-5-7-21(8-6-20)28-19(4)32)25(27(31)34)29-22-9-11-23(12-10-22)30-15-13-18(3)14-16-30/h5-12,17-18,29H,13-16H2,1-4H3,(H,28,32). The predicted octanol–water partition coefficient (Wildman–Crippen LogP) is 4.48. The van der Waals surface area contributed by atoms with E-state index in [4.69, 9.17) is 0 Å². The molecule has 0 atom stereocenters. The van der Waals surface area contributed by atoms with Crippen LogP contribution in [0, 0.1) is 5.92 Å². The van der Waals surface area contributed by atoms with Crippen molar-refractivity contribution in [2.75, 3.05) is 28.6 Å². The molecule has 2 aromatic carbocycles. The lowest BCUT2D eigenvalue weighted by atomic mass is 9.99. The summed E-state index contributed by atoms with van der Waals surface area (Å²) in [6, 6.07) is 14.7. The van der Waals surface area contributed by atoms with Gasteiger partial charge in [-0.2, -0.15) is 0 Å². The second-order valence-electron chi connectivity index (χ2n) is 9.42. The van der Waals surface area contributed by atoms with E-state index in [2.05, 4.69) is 34.6 Å². The van der Waals surface area contributed by atoms with Gasteiger partial charge >= 0.3 is 0 Å². The summed E-state index contributed by atoms with van der Waals surface area (Å²) in [6.07, 6.45) is 2.39. The van der Waals surface area contributed by atoms with Gasteiger partial charge < -0.3 is 15.5 Å². The van der Waals surface area contributed by atoms with Crippen LogP contribution in [-0.4, -0.2) is 41.8 Å². The number of imide groups is 1. The minimum atomic E-state index is -0.338. The molecule has 2 aromatic rings. The maximum Gasteiger partial charge on any atom is 0.278 e. The van der Waals surface area contributed by atoms with E-state index in [0.29, 0.717) is 16.8 Å². The van der Waals surface area contributed by atoms with Gasteiger partial charge in [0.25, 0.3) is 11.8 Å². The molecule has 0 saturated carbocycles. The van der Waals surface area contributed by atoms with Gasteiger partial charge in [0.05, 0.1) is 5.57 Å². The van der Waals surface area contributed by atoms with E-state index >= 15 is 0 Å². The van der Waals surface area contributed by atoms with E-state index in [0.717, 1.165) is 30.4 Å².